The molecule has 0 saturated carbocycles. The van der Waals surface area contributed by atoms with Crippen LogP contribution in [0.25, 0.3) is 0 Å². The number of halogens is 1. The molecule has 1 aliphatic heterocycles. The topological polar surface area (TPSA) is 42.4 Å². The molecule has 0 bridgehead atoms. The van der Waals surface area contributed by atoms with Gasteiger partial charge >= 0.3 is 0 Å². The molecule has 1 atom stereocenters. The predicted octanol–water partition coefficient (Wildman–Crippen LogP) is 2.16. The van der Waals surface area contributed by atoms with Gasteiger partial charge in [-0.15, -0.1) is 0 Å². The molecule has 0 radical (unpaired) electrons. The number of hydrogen-bond donors (Lipinski definition) is 0. The van der Waals surface area contributed by atoms with Gasteiger partial charge in [0.1, 0.15) is 5.15 Å². The van der Waals surface area contributed by atoms with Crippen LogP contribution in [0, 0.1) is 0 Å². The maximum Gasteiger partial charge on any atom is 0.254 e. The van der Waals surface area contributed by atoms with Crippen molar-refractivity contribution in [3.63, 3.8) is 0 Å². The smallest absolute Gasteiger partial charge is 0.254 e. The lowest BCUT2D eigenvalue weighted by atomic mass is 10.1. The van der Waals surface area contributed by atoms with Crippen molar-refractivity contribution in [2.24, 2.45) is 0 Å². The Bertz CT molecular complexity index is 445. The van der Waals surface area contributed by atoms with E-state index >= 15 is 0 Å². The number of amides is 1. The average Bonchev–Trinajstić information content (AvgIpc) is 2.90. The molecule has 4 nitrogen and oxygen atoms in total. The van der Waals surface area contributed by atoms with Crippen LogP contribution in [-0.2, 0) is 11.2 Å². The zero-order chi connectivity index (χ0) is 13.1. The van der Waals surface area contributed by atoms with Crippen molar-refractivity contribution in [2.45, 2.75) is 25.8 Å². The van der Waals surface area contributed by atoms with Gasteiger partial charge in [-0.05, 0) is 25.0 Å². The van der Waals surface area contributed by atoms with Crippen molar-refractivity contribution < 1.29 is 9.53 Å². The van der Waals surface area contributed by atoms with Crippen molar-refractivity contribution in [3.8, 4) is 0 Å². The molecule has 18 heavy (non-hydrogen) atoms. The van der Waals surface area contributed by atoms with Crippen molar-refractivity contribution in [1.82, 2.24) is 9.88 Å². The first-order valence-electron chi connectivity index (χ1n) is 6.13. The molecule has 1 amide bonds. The van der Waals surface area contributed by atoms with E-state index in [-0.39, 0.29) is 11.9 Å². The van der Waals surface area contributed by atoms with E-state index in [0.29, 0.717) is 17.3 Å². The Balaban J connectivity index is 2.19. The fourth-order valence-corrected chi connectivity index (χ4v) is 2.28. The van der Waals surface area contributed by atoms with Crippen LogP contribution in [0.15, 0.2) is 12.1 Å². The Hall–Kier alpha value is -1.13. The van der Waals surface area contributed by atoms with E-state index in [1.807, 2.05) is 14.0 Å². The Kier molecular flexibility index (Phi) is 4.19. The van der Waals surface area contributed by atoms with Crippen LogP contribution in [0.2, 0.25) is 5.15 Å². The van der Waals surface area contributed by atoms with E-state index in [2.05, 4.69) is 4.98 Å². The number of likely N-dealkylation sites (N-methyl/N-ethyl adjacent to an activating group) is 1. The van der Waals surface area contributed by atoms with E-state index in [1.54, 1.807) is 17.0 Å². The molecule has 0 aromatic carbocycles. The lowest BCUT2D eigenvalue weighted by Crippen LogP contribution is -2.37. The third kappa shape index (κ3) is 2.82. The largest absolute Gasteiger partial charge is 0.379 e. The summed E-state index contributed by atoms with van der Waals surface area (Å²) in [7, 11) is 1.81. The summed E-state index contributed by atoms with van der Waals surface area (Å²) in [5.41, 5.74) is 1.43. The summed E-state index contributed by atoms with van der Waals surface area (Å²) < 4.78 is 5.30. The highest BCUT2D eigenvalue weighted by molar-refractivity contribution is 6.29. The molecule has 2 rings (SSSR count). The highest BCUT2D eigenvalue weighted by Crippen LogP contribution is 2.17. The molecular formula is C13H17ClN2O2. The Morgan fingerprint density at radius 1 is 1.61 bits per heavy atom. The van der Waals surface area contributed by atoms with Crippen LogP contribution in [0.3, 0.4) is 0 Å². The van der Waals surface area contributed by atoms with Gasteiger partial charge in [-0.1, -0.05) is 18.5 Å². The monoisotopic (exact) mass is 268 g/mol. The minimum absolute atomic E-state index is 0.0236. The first-order chi connectivity index (χ1) is 8.61. The van der Waals surface area contributed by atoms with E-state index in [1.165, 1.54) is 0 Å². The highest BCUT2D eigenvalue weighted by Gasteiger charge is 2.25. The maximum atomic E-state index is 12.3. The summed E-state index contributed by atoms with van der Waals surface area (Å²) in [6, 6.07) is 3.59. The van der Waals surface area contributed by atoms with Gasteiger partial charge in [0.05, 0.1) is 12.6 Å². The molecule has 1 aromatic heterocycles. The van der Waals surface area contributed by atoms with Gasteiger partial charge < -0.3 is 9.64 Å². The van der Waals surface area contributed by atoms with Crippen LogP contribution in [0.5, 0.6) is 0 Å². The number of aryl methyl sites for hydroxylation is 1. The second-order valence-electron chi connectivity index (χ2n) is 4.46. The Morgan fingerprint density at radius 2 is 2.39 bits per heavy atom. The first-order valence-corrected chi connectivity index (χ1v) is 6.51. The summed E-state index contributed by atoms with van der Waals surface area (Å²) in [5, 5.41) is 0.369. The normalized spacial score (nSPS) is 18.9. The van der Waals surface area contributed by atoms with Crippen molar-refractivity contribution in [3.05, 3.63) is 28.5 Å². The van der Waals surface area contributed by atoms with E-state index in [4.69, 9.17) is 16.3 Å². The van der Waals surface area contributed by atoms with Gasteiger partial charge in [0.25, 0.3) is 5.91 Å². The number of nitrogens with zero attached hydrogens (tertiary/aromatic N) is 2. The van der Waals surface area contributed by atoms with Crippen LogP contribution >= 0.6 is 11.6 Å². The van der Waals surface area contributed by atoms with Gasteiger partial charge in [0, 0.05) is 24.9 Å². The minimum Gasteiger partial charge on any atom is -0.379 e. The molecule has 2 heterocycles. The second-order valence-corrected chi connectivity index (χ2v) is 4.84. The number of pyridine rings is 1. The van der Waals surface area contributed by atoms with Gasteiger partial charge in [-0.2, -0.15) is 0 Å². The number of carbonyl (C=O) groups excluding carboxylic acids is 1. The van der Waals surface area contributed by atoms with Crippen molar-refractivity contribution in [1.29, 1.82) is 0 Å². The third-order valence-corrected chi connectivity index (χ3v) is 3.42. The number of carbonyl (C=O) groups is 1. The Morgan fingerprint density at radius 3 is 3.00 bits per heavy atom. The molecule has 1 fully saturated rings. The molecule has 0 N–H and O–H groups in total. The third-order valence-electron chi connectivity index (χ3n) is 3.23. The molecular weight excluding hydrogens is 252 g/mol. The number of rotatable bonds is 3. The van der Waals surface area contributed by atoms with Crippen LogP contribution in [-0.4, -0.2) is 42.1 Å². The molecule has 0 aliphatic carbocycles. The van der Waals surface area contributed by atoms with Crippen molar-refractivity contribution in [2.75, 3.05) is 20.3 Å². The first kappa shape index (κ1) is 13.3. The second kappa shape index (κ2) is 5.67. The summed E-state index contributed by atoms with van der Waals surface area (Å²) in [6.45, 7) is 3.32. The lowest BCUT2D eigenvalue weighted by molar-refractivity contribution is 0.0711. The summed E-state index contributed by atoms with van der Waals surface area (Å²) in [6.07, 6.45) is 1.65. The molecule has 1 saturated heterocycles. The van der Waals surface area contributed by atoms with Gasteiger partial charge in [0.2, 0.25) is 0 Å². The standard InChI is InChI=1S/C13H17ClN2O2/c1-3-10-6-9(7-12(14)15-10)13(17)16(2)11-4-5-18-8-11/h6-7,11H,3-5,8H2,1-2H3. The van der Waals surface area contributed by atoms with E-state index in [9.17, 15) is 4.79 Å². The maximum absolute atomic E-state index is 12.3. The minimum atomic E-state index is -0.0236. The molecule has 5 heteroatoms. The Labute approximate surface area is 112 Å². The zero-order valence-corrected chi connectivity index (χ0v) is 11.4. The van der Waals surface area contributed by atoms with Gasteiger partial charge in [-0.3, -0.25) is 4.79 Å². The van der Waals surface area contributed by atoms with Crippen LogP contribution in [0.4, 0.5) is 0 Å². The summed E-state index contributed by atoms with van der Waals surface area (Å²) in [5.74, 6) is -0.0236. The average molecular weight is 269 g/mol. The molecule has 0 spiro atoms. The summed E-state index contributed by atoms with van der Waals surface area (Å²) >= 11 is 5.93. The fraction of sp³-hybridized carbons (Fsp3) is 0.538. The fourth-order valence-electron chi connectivity index (χ4n) is 2.05. The predicted molar refractivity (Wildman–Crippen MR) is 69.9 cm³/mol. The van der Waals surface area contributed by atoms with E-state index in [0.717, 1.165) is 25.1 Å². The highest BCUT2D eigenvalue weighted by atomic mass is 35.5. The molecule has 1 aromatic rings. The molecule has 98 valence electrons. The van der Waals surface area contributed by atoms with Crippen LogP contribution < -0.4 is 0 Å². The van der Waals surface area contributed by atoms with Gasteiger partial charge in [-0.25, -0.2) is 4.98 Å². The van der Waals surface area contributed by atoms with E-state index < -0.39 is 0 Å². The van der Waals surface area contributed by atoms with Crippen LogP contribution in [0.1, 0.15) is 29.4 Å². The molecule has 1 unspecified atom stereocenters. The SMILES string of the molecule is CCc1cc(C(=O)N(C)C2CCOC2)cc(Cl)n1. The number of aromatic nitrogens is 1. The lowest BCUT2D eigenvalue weighted by Gasteiger charge is -2.23. The quantitative estimate of drug-likeness (QED) is 0.789. The van der Waals surface area contributed by atoms with Crippen molar-refractivity contribution >= 4 is 17.5 Å². The summed E-state index contributed by atoms with van der Waals surface area (Å²) in [4.78, 5) is 18.2. The molecule has 1 aliphatic rings. The zero-order valence-electron chi connectivity index (χ0n) is 10.6. The van der Waals surface area contributed by atoms with Gasteiger partial charge in [0.15, 0.2) is 0 Å². The number of ether oxygens (including phenoxy) is 1. The number of hydrogen-bond acceptors (Lipinski definition) is 3.